The van der Waals surface area contributed by atoms with E-state index in [1.807, 2.05) is 30.3 Å². The second-order valence-electron chi connectivity index (χ2n) is 5.21. The van der Waals surface area contributed by atoms with E-state index in [9.17, 15) is 13.2 Å². The summed E-state index contributed by atoms with van der Waals surface area (Å²) in [4.78, 5) is 13.1. The van der Waals surface area contributed by atoms with E-state index in [1.165, 1.54) is 4.90 Å². The van der Waals surface area contributed by atoms with Crippen LogP contribution in [0.3, 0.4) is 0 Å². The van der Waals surface area contributed by atoms with Gasteiger partial charge < -0.3 is 4.90 Å². The van der Waals surface area contributed by atoms with Gasteiger partial charge in [0, 0.05) is 12.6 Å². The minimum Gasteiger partial charge on any atom is -0.337 e. The molecule has 1 atom stereocenters. The molecule has 0 aromatic heterocycles. The highest BCUT2D eigenvalue weighted by molar-refractivity contribution is 7.91. The lowest BCUT2D eigenvalue weighted by Gasteiger charge is -2.25. The molecule has 0 radical (unpaired) electrons. The third-order valence-corrected chi connectivity index (χ3v) is 5.38. The predicted molar refractivity (Wildman–Crippen MR) is 86.0 cm³/mol. The van der Waals surface area contributed by atoms with Crippen molar-refractivity contribution in [1.82, 2.24) is 4.90 Å². The predicted octanol–water partition coefficient (Wildman–Crippen LogP) is 2.51. The molecule has 5 heteroatoms. The van der Waals surface area contributed by atoms with Gasteiger partial charge in [0.05, 0.1) is 10.6 Å². The highest BCUT2D eigenvalue weighted by Crippen LogP contribution is 2.14. The van der Waals surface area contributed by atoms with Gasteiger partial charge in [0.15, 0.2) is 9.84 Å². The van der Waals surface area contributed by atoms with Crippen LogP contribution < -0.4 is 0 Å². The molecule has 0 aliphatic rings. The molecule has 2 aromatic carbocycles. The van der Waals surface area contributed by atoms with E-state index in [2.05, 4.69) is 0 Å². The van der Waals surface area contributed by atoms with Crippen molar-refractivity contribution in [2.45, 2.75) is 24.4 Å². The van der Waals surface area contributed by atoms with E-state index in [-0.39, 0.29) is 10.6 Å². The molecule has 1 amide bonds. The first-order valence-corrected chi connectivity index (χ1v) is 8.71. The molecule has 0 saturated carbocycles. The maximum atomic E-state index is 12.4. The molecule has 0 heterocycles. The Bertz CT molecular complexity index is 699. The van der Waals surface area contributed by atoms with E-state index in [0.29, 0.717) is 13.0 Å². The van der Waals surface area contributed by atoms with Gasteiger partial charge in [-0.1, -0.05) is 48.5 Å². The van der Waals surface area contributed by atoms with Crippen LogP contribution in [0.25, 0.3) is 0 Å². The quantitative estimate of drug-likeness (QED) is 0.737. The first kappa shape index (κ1) is 16.2. The number of hydrogen-bond donors (Lipinski definition) is 0. The number of rotatable bonds is 7. The zero-order valence-electron chi connectivity index (χ0n) is 12.4. The third kappa shape index (κ3) is 4.18. The summed E-state index contributed by atoms with van der Waals surface area (Å²) in [6.07, 6.45) is 0.707. The summed E-state index contributed by atoms with van der Waals surface area (Å²) in [5, 5.41) is 0. The van der Waals surface area contributed by atoms with Gasteiger partial charge in [0.25, 0.3) is 0 Å². The Hall–Kier alpha value is -2.14. The minimum atomic E-state index is -3.41. The van der Waals surface area contributed by atoms with Crippen LogP contribution in [-0.4, -0.2) is 31.5 Å². The number of carbonyl (C=O) groups excluding carboxylic acids is 1. The molecule has 0 fully saturated rings. The van der Waals surface area contributed by atoms with Crippen LogP contribution in [0.1, 0.15) is 12.5 Å². The van der Waals surface area contributed by atoms with Crippen molar-refractivity contribution in [1.29, 1.82) is 0 Å². The summed E-state index contributed by atoms with van der Waals surface area (Å²) >= 11 is 0. The van der Waals surface area contributed by atoms with E-state index in [4.69, 9.17) is 0 Å². The lowest BCUT2D eigenvalue weighted by molar-refractivity contribution is -0.120. The highest BCUT2D eigenvalue weighted by Gasteiger charge is 2.22. The Morgan fingerprint density at radius 2 is 1.55 bits per heavy atom. The first-order valence-electron chi connectivity index (χ1n) is 7.05. The second-order valence-corrected chi connectivity index (χ2v) is 7.24. The average molecular weight is 317 g/mol. The van der Waals surface area contributed by atoms with Crippen LogP contribution in [0.2, 0.25) is 0 Å². The molecule has 116 valence electrons. The number of nitrogens with zero attached hydrogens (tertiary/aromatic N) is 1. The highest BCUT2D eigenvalue weighted by atomic mass is 32.2. The number of sulfone groups is 1. The Balaban J connectivity index is 2.09. The monoisotopic (exact) mass is 317 g/mol. The van der Waals surface area contributed by atoms with E-state index >= 15 is 0 Å². The van der Waals surface area contributed by atoms with E-state index in [0.717, 1.165) is 5.56 Å². The summed E-state index contributed by atoms with van der Waals surface area (Å²) in [7, 11) is -3.41. The van der Waals surface area contributed by atoms with Gasteiger partial charge in [-0.15, -0.1) is 0 Å². The van der Waals surface area contributed by atoms with Gasteiger partial charge >= 0.3 is 0 Å². The fourth-order valence-electron chi connectivity index (χ4n) is 2.23. The molecule has 0 N–H and O–H groups in total. The van der Waals surface area contributed by atoms with Crippen LogP contribution in [0.5, 0.6) is 0 Å². The number of carbonyl (C=O) groups is 1. The van der Waals surface area contributed by atoms with Gasteiger partial charge in [-0.3, -0.25) is 4.79 Å². The Kier molecular flexibility index (Phi) is 5.33. The number of amides is 1. The topological polar surface area (TPSA) is 54.5 Å². The Labute approximate surface area is 131 Å². The minimum absolute atomic E-state index is 0.0947. The van der Waals surface area contributed by atoms with Crippen LogP contribution >= 0.6 is 0 Å². The van der Waals surface area contributed by atoms with Crippen LogP contribution in [-0.2, 0) is 21.2 Å². The summed E-state index contributed by atoms with van der Waals surface area (Å²) in [5.41, 5.74) is 0.971. The molecule has 0 unspecified atom stereocenters. The van der Waals surface area contributed by atoms with Gasteiger partial charge in [0.2, 0.25) is 6.41 Å². The lowest BCUT2D eigenvalue weighted by atomic mass is 10.2. The normalized spacial score (nSPS) is 12.6. The molecule has 0 aliphatic carbocycles. The van der Waals surface area contributed by atoms with Gasteiger partial charge in [-0.05, 0) is 24.6 Å². The van der Waals surface area contributed by atoms with Crippen molar-refractivity contribution in [3.63, 3.8) is 0 Å². The van der Waals surface area contributed by atoms with E-state index < -0.39 is 15.9 Å². The van der Waals surface area contributed by atoms with Crippen molar-refractivity contribution in [3.05, 3.63) is 66.2 Å². The summed E-state index contributed by atoms with van der Waals surface area (Å²) < 4.78 is 24.7. The van der Waals surface area contributed by atoms with Crippen molar-refractivity contribution in [2.75, 3.05) is 5.75 Å². The van der Waals surface area contributed by atoms with Crippen LogP contribution in [0.4, 0.5) is 0 Å². The standard InChI is InChI=1S/C17H19NO3S/c1-15(13-22(20,21)17-10-6-3-7-11-17)18(14-19)12-16-8-4-2-5-9-16/h2-11,14-15H,12-13H2,1H3/t15-/m1/s1. The molecule has 0 spiro atoms. The summed E-state index contributed by atoms with van der Waals surface area (Å²) in [6, 6.07) is 17.4. The Morgan fingerprint density at radius 3 is 2.09 bits per heavy atom. The first-order chi connectivity index (χ1) is 10.5. The largest absolute Gasteiger partial charge is 0.337 e. The van der Waals surface area contributed by atoms with Gasteiger partial charge in [0.1, 0.15) is 0 Å². The molecule has 2 aromatic rings. The SMILES string of the molecule is C[C@H](CS(=O)(=O)c1ccccc1)N(C=O)Cc1ccccc1. The smallest absolute Gasteiger partial charge is 0.210 e. The van der Waals surface area contributed by atoms with E-state index in [1.54, 1.807) is 37.3 Å². The Morgan fingerprint density at radius 1 is 1.00 bits per heavy atom. The molecule has 22 heavy (non-hydrogen) atoms. The molecule has 4 nitrogen and oxygen atoms in total. The van der Waals surface area contributed by atoms with Gasteiger partial charge in [-0.25, -0.2) is 8.42 Å². The molecule has 0 aliphatic heterocycles. The zero-order valence-corrected chi connectivity index (χ0v) is 13.2. The fourth-order valence-corrected chi connectivity index (χ4v) is 3.82. The molecular formula is C17H19NO3S. The lowest BCUT2D eigenvalue weighted by Crippen LogP contribution is -2.36. The second kappa shape index (κ2) is 7.22. The van der Waals surface area contributed by atoms with Crippen molar-refractivity contribution in [2.24, 2.45) is 0 Å². The third-order valence-electron chi connectivity index (χ3n) is 3.47. The van der Waals surface area contributed by atoms with Gasteiger partial charge in [-0.2, -0.15) is 0 Å². The number of hydrogen-bond acceptors (Lipinski definition) is 3. The van der Waals surface area contributed by atoms with Crippen LogP contribution in [0, 0.1) is 0 Å². The maximum Gasteiger partial charge on any atom is 0.210 e. The average Bonchev–Trinajstić information content (AvgIpc) is 2.54. The zero-order chi connectivity index (χ0) is 16.0. The summed E-state index contributed by atoms with van der Waals surface area (Å²) in [5.74, 6) is -0.0947. The van der Waals surface area contributed by atoms with Crippen LogP contribution in [0.15, 0.2) is 65.6 Å². The number of benzene rings is 2. The fraction of sp³-hybridized carbons (Fsp3) is 0.235. The van der Waals surface area contributed by atoms with Crippen molar-refractivity contribution < 1.29 is 13.2 Å². The molecule has 0 saturated heterocycles. The summed E-state index contributed by atoms with van der Waals surface area (Å²) in [6.45, 7) is 2.15. The molecule has 2 rings (SSSR count). The molecule has 0 bridgehead atoms. The molecular weight excluding hydrogens is 298 g/mol. The maximum absolute atomic E-state index is 12.4. The van der Waals surface area contributed by atoms with Crippen molar-refractivity contribution in [3.8, 4) is 0 Å². The van der Waals surface area contributed by atoms with Crippen molar-refractivity contribution >= 4 is 16.2 Å².